The summed E-state index contributed by atoms with van der Waals surface area (Å²) in [5, 5.41) is 13.5. The maximum absolute atomic E-state index is 11.3. The van der Waals surface area contributed by atoms with E-state index in [1.54, 1.807) is 0 Å². The molecule has 0 radical (unpaired) electrons. The lowest BCUT2D eigenvalue weighted by molar-refractivity contribution is -0.140. The van der Waals surface area contributed by atoms with Gasteiger partial charge in [-0.1, -0.05) is 13.8 Å². The van der Waals surface area contributed by atoms with Crippen molar-refractivity contribution < 1.29 is 19.5 Å². The van der Waals surface area contributed by atoms with E-state index in [-0.39, 0.29) is 0 Å². The number of primary amides is 1. The van der Waals surface area contributed by atoms with Crippen LogP contribution in [-0.2, 0) is 9.59 Å². The van der Waals surface area contributed by atoms with Crippen LogP contribution in [-0.4, -0.2) is 35.6 Å². The zero-order valence-corrected chi connectivity index (χ0v) is 10.7. The fourth-order valence-electron chi connectivity index (χ4n) is 1.32. The summed E-state index contributed by atoms with van der Waals surface area (Å²) in [6.45, 7) is 4.62. The molecule has 0 aliphatic rings. The highest BCUT2D eigenvalue weighted by Crippen LogP contribution is 2.01. The number of amides is 3. The molecule has 0 heterocycles. The van der Waals surface area contributed by atoms with Gasteiger partial charge in [-0.25, -0.2) is 9.59 Å². The molecule has 0 unspecified atom stereocenters. The summed E-state index contributed by atoms with van der Waals surface area (Å²) in [4.78, 5) is 32.7. The number of nitrogens with two attached hydrogens (primary N) is 1. The number of nitrogens with one attached hydrogen (secondary N) is 2. The predicted molar refractivity (Wildman–Crippen MR) is 65.8 cm³/mol. The van der Waals surface area contributed by atoms with Crippen molar-refractivity contribution in [3.8, 4) is 0 Å². The van der Waals surface area contributed by atoms with Gasteiger partial charge >= 0.3 is 12.0 Å². The van der Waals surface area contributed by atoms with E-state index >= 15 is 0 Å². The van der Waals surface area contributed by atoms with Gasteiger partial charge in [0, 0.05) is 6.54 Å². The largest absolute Gasteiger partial charge is 0.480 e. The van der Waals surface area contributed by atoms with Crippen LogP contribution in [0.2, 0.25) is 0 Å². The van der Waals surface area contributed by atoms with Crippen LogP contribution < -0.4 is 16.4 Å². The molecule has 18 heavy (non-hydrogen) atoms. The molecule has 7 heteroatoms. The summed E-state index contributed by atoms with van der Waals surface area (Å²) < 4.78 is 0. The number of hydrogen-bond donors (Lipinski definition) is 4. The molecule has 0 saturated heterocycles. The van der Waals surface area contributed by atoms with Crippen LogP contribution in [0.4, 0.5) is 4.79 Å². The Morgan fingerprint density at radius 1 is 1.28 bits per heavy atom. The first kappa shape index (κ1) is 16.2. The lowest BCUT2D eigenvalue weighted by Crippen LogP contribution is -2.47. The van der Waals surface area contributed by atoms with Crippen LogP contribution in [0.15, 0.2) is 0 Å². The first-order valence-corrected chi connectivity index (χ1v) is 5.88. The number of hydrogen-bond acceptors (Lipinski definition) is 3. The Morgan fingerprint density at radius 2 is 1.89 bits per heavy atom. The average molecular weight is 259 g/mol. The smallest absolute Gasteiger partial charge is 0.326 e. The molecule has 0 rings (SSSR count). The second-order valence-corrected chi connectivity index (χ2v) is 4.50. The molecule has 7 nitrogen and oxygen atoms in total. The predicted octanol–water partition coefficient (Wildman–Crippen LogP) is 0.0504. The van der Waals surface area contributed by atoms with Crippen molar-refractivity contribution in [2.75, 3.05) is 6.54 Å². The first-order valence-electron chi connectivity index (χ1n) is 5.88. The van der Waals surface area contributed by atoms with Gasteiger partial charge in [0.1, 0.15) is 6.04 Å². The SMILES string of the molecule is CC(C)CCCNC(=O)N[C@H](CC(N)=O)C(=O)O. The molecule has 0 aliphatic heterocycles. The standard InChI is InChI=1S/C11H21N3O4/c1-7(2)4-3-5-13-11(18)14-8(10(16)17)6-9(12)15/h7-8H,3-6H2,1-2H3,(H2,12,15)(H,16,17)(H2,13,14,18)/t8-/m1/s1. The molecular formula is C11H21N3O4. The Bertz CT molecular complexity index is 305. The highest BCUT2D eigenvalue weighted by molar-refractivity contribution is 5.87. The van der Waals surface area contributed by atoms with Crippen LogP contribution in [0, 0.1) is 5.92 Å². The molecule has 0 aliphatic carbocycles. The normalized spacial score (nSPS) is 11.9. The van der Waals surface area contributed by atoms with E-state index in [4.69, 9.17) is 10.8 Å². The van der Waals surface area contributed by atoms with Gasteiger partial charge in [0.2, 0.25) is 5.91 Å². The van der Waals surface area contributed by atoms with Crippen molar-refractivity contribution in [1.29, 1.82) is 0 Å². The van der Waals surface area contributed by atoms with E-state index in [1.165, 1.54) is 0 Å². The van der Waals surface area contributed by atoms with Crippen molar-refractivity contribution in [3.05, 3.63) is 0 Å². The van der Waals surface area contributed by atoms with Crippen molar-refractivity contribution in [2.45, 2.75) is 39.2 Å². The average Bonchev–Trinajstić information content (AvgIpc) is 2.22. The molecule has 0 aromatic rings. The lowest BCUT2D eigenvalue weighted by atomic mass is 10.1. The van der Waals surface area contributed by atoms with Gasteiger partial charge in [-0.15, -0.1) is 0 Å². The molecule has 5 N–H and O–H groups in total. The number of carbonyl (C=O) groups excluding carboxylic acids is 2. The van der Waals surface area contributed by atoms with Crippen LogP contribution in [0.25, 0.3) is 0 Å². The highest BCUT2D eigenvalue weighted by atomic mass is 16.4. The zero-order chi connectivity index (χ0) is 14.1. The Balaban J connectivity index is 3.95. The van der Waals surface area contributed by atoms with Crippen molar-refractivity contribution in [3.63, 3.8) is 0 Å². The summed E-state index contributed by atoms with van der Waals surface area (Å²) in [5.41, 5.74) is 4.89. The van der Waals surface area contributed by atoms with Crippen LogP contribution >= 0.6 is 0 Å². The topological polar surface area (TPSA) is 122 Å². The first-order chi connectivity index (χ1) is 8.32. The minimum absolute atomic E-state index is 0.422. The number of carboxylic acid groups (broad SMARTS) is 1. The summed E-state index contributed by atoms with van der Waals surface area (Å²) in [7, 11) is 0. The fraction of sp³-hybridized carbons (Fsp3) is 0.727. The van der Waals surface area contributed by atoms with E-state index in [0.717, 1.165) is 12.8 Å². The molecule has 0 saturated carbocycles. The third-order valence-corrected chi connectivity index (χ3v) is 2.25. The zero-order valence-electron chi connectivity index (χ0n) is 10.7. The molecule has 0 spiro atoms. The maximum Gasteiger partial charge on any atom is 0.326 e. The minimum Gasteiger partial charge on any atom is -0.480 e. The number of aliphatic carboxylic acids is 1. The van der Waals surface area contributed by atoms with E-state index in [2.05, 4.69) is 24.5 Å². The maximum atomic E-state index is 11.3. The molecule has 0 fully saturated rings. The third kappa shape index (κ3) is 8.37. The van der Waals surface area contributed by atoms with E-state index in [1.807, 2.05) is 0 Å². The molecule has 0 bridgehead atoms. The molecule has 0 aromatic heterocycles. The quantitative estimate of drug-likeness (QED) is 0.460. The van der Waals surface area contributed by atoms with Crippen LogP contribution in [0.5, 0.6) is 0 Å². The number of rotatable bonds is 8. The second-order valence-electron chi connectivity index (χ2n) is 4.50. The monoisotopic (exact) mass is 259 g/mol. The molecule has 0 aromatic carbocycles. The Hall–Kier alpha value is -1.79. The third-order valence-electron chi connectivity index (χ3n) is 2.25. The summed E-state index contributed by atoms with van der Waals surface area (Å²) in [5.74, 6) is -1.51. The van der Waals surface area contributed by atoms with Gasteiger partial charge < -0.3 is 21.5 Å². The van der Waals surface area contributed by atoms with E-state index in [9.17, 15) is 14.4 Å². The lowest BCUT2D eigenvalue weighted by Gasteiger charge is -2.13. The second kappa shape index (κ2) is 8.32. The van der Waals surface area contributed by atoms with Crippen LogP contribution in [0.1, 0.15) is 33.1 Å². The van der Waals surface area contributed by atoms with Gasteiger partial charge in [-0.05, 0) is 18.8 Å². The van der Waals surface area contributed by atoms with Crippen molar-refractivity contribution in [1.82, 2.24) is 10.6 Å². The van der Waals surface area contributed by atoms with Crippen molar-refractivity contribution >= 4 is 17.9 Å². The van der Waals surface area contributed by atoms with Crippen molar-refractivity contribution in [2.24, 2.45) is 11.7 Å². The summed E-state index contributed by atoms with van der Waals surface area (Å²) in [6, 6.07) is -1.89. The number of carboxylic acids is 1. The van der Waals surface area contributed by atoms with Gasteiger partial charge in [0.25, 0.3) is 0 Å². The molecular weight excluding hydrogens is 238 g/mol. The molecule has 104 valence electrons. The molecule has 1 atom stereocenters. The van der Waals surface area contributed by atoms with E-state index in [0.29, 0.717) is 12.5 Å². The Morgan fingerprint density at radius 3 is 2.33 bits per heavy atom. The van der Waals surface area contributed by atoms with Gasteiger partial charge in [0.15, 0.2) is 0 Å². The number of carbonyl (C=O) groups is 3. The van der Waals surface area contributed by atoms with Gasteiger partial charge in [0.05, 0.1) is 6.42 Å². The fourth-order valence-corrected chi connectivity index (χ4v) is 1.32. The molecule has 3 amide bonds. The minimum atomic E-state index is -1.29. The van der Waals surface area contributed by atoms with Crippen LogP contribution in [0.3, 0.4) is 0 Å². The van der Waals surface area contributed by atoms with Gasteiger partial charge in [-0.3, -0.25) is 4.79 Å². The van der Waals surface area contributed by atoms with E-state index < -0.39 is 30.4 Å². The summed E-state index contributed by atoms with van der Waals surface area (Å²) in [6.07, 6.45) is 1.37. The Kier molecular flexibility index (Phi) is 7.50. The highest BCUT2D eigenvalue weighted by Gasteiger charge is 2.21. The Labute approximate surface area is 106 Å². The number of urea groups is 1. The van der Waals surface area contributed by atoms with Gasteiger partial charge in [-0.2, -0.15) is 0 Å². The summed E-state index contributed by atoms with van der Waals surface area (Å²) >= 11 is 0.